The lowest BCUT2D eigenvalue weighted by Crippen LogP contribution is -2.11. The molecular weight excluding hydrogens is 329 g/mol. The maximum absolute atomic E-state index is 13.2. The van der Waals surface area contributed by atoms with E-state index in [1.807, 2.05) is 0 Å². The van der Waals surface area contributed by atoms with E-state index < -0.39 is 31.8 Å². The van der Waals surface area contributed by atoms with E-state index in [0.29, 0.717) is 0 Å². The van der Waals surface area contributed by atoms with Crippen molar-refractivity contribution in [1.82, 2.24) is 0 Å². The van der Waals surface area contributed by atoms with Crippen molar-refractivity contribution in [3.63, 3.8) is 0 Å². The molecule has 0 amide bonds. The quantitative estimate of drug-likeness (QED) is 0.833. The Morgan fingerprint density at radius 2 is 1.57 bits per heavy atom. The van der Waals surface area contributed by atoms with Gasteiger partial charge in [-0.15, -0.1) is 0 Å². The summed E-state index contributed by atoms with van der Waals surface area (Å²) in [5.41, 5.74) is -1.33. The summed E-state index contributed by atoms with van der Waals surface area (Å²) in [6, 6.07) is 9.40. The van der Waals surface area contributed by atoms with Crippen molar-refractivity contribution < 1.29 is 26.1 Å². The van der Waals surface area contributed by atoms with Crippen molar-refractivity contribution in [3.05, 3.63) is 53.1 Å². The molecule has 112 valence electrons. The second-order valence-electron chi connectivity index (χ2n) is 4.14. The Morgan fingerprint density at radius 3 is 2.05 bits per heavy atom. The van der Waals surface area contributed by atoms with Gasteiger partial charge in [0.2, 0.25) is 0 Å². The predicted octanol–water partition coefficient (Wildman–Crippen LogP) is 4.27. The van der Waals surface area contributed by atoms with E-state index in [0.717, 1.165) is 12.1 Å². The summed E-state index contributed by atoms with van der Waals surface area (Å²) in [7, 11) is -4.85. The van der Waals surface area contributed by atoms with Gasteiger partial charge in [-0.2, -0.15) is 21.6 Å². The number of hydrogen-bond donors (Lipinski definition) is 1. The lowest BCUT2D eigenvalue weighted by molar-refractivity contribution is -0.137. The van der Waals surface area contributed by atoms with Crippen LogP contribution in [0.3, 0.4) is 0 Å². The van der Waals surface area contributed by atoms with Gasteiger partial charge in [0.05, 0.1) is 10.6 Å². The molecular formula is C13H8ClF3O3S. The molecule has 21 heavy (non-hydrogen) atoms. The Bertz CT molecular complexity index is 771. The van der Waals surface area contributed by atoms with Gasteiger partial charge in [-0.05, 0) is 17.2 Å². The van der Waals surface area contributed by atoms with Gasteiger partial charge in [0, 0.05) is 0 Å². The average Bonchev–Trinajstić information content (AvgIpc) is 2.36. The summed E-state index contributed by atoms with van der Waals surface area (Å²) in [4.78, 5) is -0.976. The zero-order valence-electron chi connectivity index (χ0n) is 10.2. The summed E-state index contributed by atoms with van der Waals surface area (Å²) < 4.78 is 70.7. The highest BCUT2D eigenvalue weighted by atomic mass is 35.5. The van der Waals surface area contributed by atoms with Crippen molar-refractivity contribution in [2.75, 3.05) is 0 Å². The zero-order valence-corrected chi connectivity index (χ0v) is 11.8. The van der Waals surface area contributed by atoms with Crippen LogP contribution < -0.4 is 0 Å². The molecule has 0 saturated carbocycles. The molecule has 3 nitrogen and oxygen atoms in total. The molecule has 2 aromatic carbocycles. The zero-order chi connectivity index (χ0) is 15.8. The second-order valence-corrected chi connectivity index (χ2v) is 5.91. The monoisotopic (exact) mass is 336 g/mol. The maximum atomic E-state index is 13.2. The largest absolute Gasteiger partial charge is 0.418 e. The van der Waals surface area contributed by atoms with Gasteiger partial charge in [-0.1, -0.05) is 48.0 Å². The minimum absolute atomic E-state index is 0.230. The standard InChI is InChI=1S/C13H8ClF3O3S/c14-12-10(21(18,19)20)7-6-9(11(12)13(15,16)17)8-4-2-1-3-5-8/h1-7H,(H,18,19,20). The van der Waals surface area contributed by atoms with E-state index in [-0.39, 0.29) is 11.1 Å². The molecule has 0 aromatic heterocycles. The van der Waals surface area contributed by atoms with E-state index in [1.165, 1.54) is 12.1 Å². The molecule has 0 radical (unpaired) electrons. The topological polar surface area (TPSA) is 54.4 Å². The molecule has 0 spiro atoms. The number of halogens is 4. The van der Waals surface area contributed by atoms with Crippen molar-refractivity contribution in [2.45, 2.75) is 11.1 Å². The molecule has 0 bridgehead atoms. The van der Waals surface area contributed by atoms with Gasteiger partial charge >= 0.3 is 6.18 Å². The molecule has 0 unspecified atom stereocenters. The predicted molar refractivity (Wildman–Crippen MR) is 71.7 cm³/mol. The molecule has 8 heteroatoms. The van der Waals surface area contributed by atoms with Gasteiger partial charge in [0.25, 0.3) is 10.1 Å². The normalized spacial score (nSPS) is 12.4. The molecule has 0 fully saturated rings. The average molecular weight is 337 g/mol. The smallest absolute Gasteiger partial charge is 0.282 e. The first kappa shape index (κ1) is 15.8. The number of rotatable bonds is 2. The van der Waals surface area contributed by atoms with Gasteiger partial charge in [-0.3, -0.25) is 4.55 Å². The summed E-state index contributed by atoms with van der Waals surface area (Å²) in [5.74, 6) is 0. The first-order valence-electron chi connectivity index (χ1n) is 5.55. The van der Waals surface area contributed by atoms with Crippen LogP contribution in [0.25, 0.3) is 11.1 Å². The van der Waals surface area contributed by atoms with Crippen molar-refractivity contribution >= 4 is 21.7 Å². The Morgan fingerprint density at radius 1 is 1.00 bits per heavy atom. The van der Waals surface area contributed by atoms with Crippen LogP contribution >= 0.6 is 11.6 Å². The van der Waals surface area contributed by atoms with Crippen LogP contribution in [-0.4, -0.2) is 13.0 Å². The fourth-order valence-electron chi connectivity index (χ4n) is 1.89. The third-order valence-corrected chi connectivity index (χ3v) is 4.15. The van der Waals surface area contributed by atoms with E-state index >= 15 is 0 Å². The fraction of sp³-hybridized carbons (Fsp3) is 0.0769. The van der Waals surface area contributed by atoms with Crippen molar-refractivity contribution in [1.29, 1.82) is 0 Å². The van der Waals surface area contributed by atoms with Gasteiger partial charge < -0.3 is 0 Å². The van der Waals surface area contributed by atoms with Crippen LogP contribution in [0.5, 0.6) is 0 Å². The molecule has 0 heterocycles. The third kappa shape index (κ3) is 3.20. The van der Waals surface area contributed by atoms with E-state index in [1.54, 1.807) is 18.2 Å². The highest BCUT2D eigenvalue weighted by molar-refractivity contribution is 7.86. The van der Waals surface area contributed by atoms with Crippen LogP contribution in [-0.2, 0) is 16.3 Å². The molecule has 0 aliphatic rings. The summed E-state index contributed by atoms with van der Waals surface area (Å²) in [6.07, 6.45) is -4.87. The Kier molecular flexibility index (Phi) is 4.01. The Hall–Kier alpha value is -1.57. The third-order valence-electron chi connectivity index (χ3n) is 2.75. The van der Waals surface area contributed by atoms with Crippen LogP contribution in [0.15, 0.2) is 47.4 Å². The van der Waals surface area contributed by atoms with E-state index in [9.17, 15) is 21.6 Å². The van der Waals surface area contributed by atoms with Crippen molar-refractivity contribution in [2.24, 2.45) is 0 Å². The fourth-order valence-corrected chi connectivity index (χ4v) is 3.02. The minimum Gasteiger partial charge on any atom is -0.282 e. The van der Waals surface area contributed by atoms with Gasteiger partial charge in [0.15, 0.2) is 0 Å². The molecule has 0 atom stereocenters. The van der Waals surface area contributed by atoms with Gasteiger partial charge in [0.1, 0.15) is 4.90 Å². The Balaban J connectivity index is 2.83. The SMILES string of the molecule is O=S(=O)(O)c1ccc(-c2ccccc2)c(C(F)(F)F)c1Cl. The molecule has 2 rings (SSSR count). The summed E-state index contributed by atoms with van der Waals surface area (Å²) >= 11 is 5.57. The highest BCUT2D eigenvalue weighted by Crippen LogP contribution is 2.43. The van der Waals surface area contributed by atoms with Gasteiger partial charge in [-0.25, -0.2) is 0 Å². The first-order valence-corrected chi connectivity index (χ1v) is 7.37. The van der Waals surface area contributed by atoms with Crippen LogP contribution in [0, 0.1) is 0 Å². The van der Waals surface area contributed by atoms with Crippen molar-refractivity contribution in [3.8, 4) is 11.1 Å². The maximum Gasteiger partial charge on any atom is 0.418 e. The van der Waals surface area contributed by atoms with Crippen LogP contribution in [0.1, 0.15) is 5.56 Å². The second kappa shape index (κ2) is 5.32. The first-order chi connectivity index (χ1) is 9.62. The summed E-state index contributed by atoms with van der Waals surface area (Å²) in [5, 5.41) is -1.05. The summed E-state index contributed by atoms with van der Waals surface area (Å²) in [6.45, 7) is 0. The lowest BCUT2D eigenvalue weighted by Gasteiger charge is -2.16. The number of benzene rings is 2. The highest BCUT2D eigenvalue weighted by Gasteiger charge is 2.38. The minimum atomic E-state index is -4.87. The van der Waals surface area contributed by atoms with E-state index in [4.69, 9.17) is 16.2 Å². The molecule has 0 saturated heterocycles. The molecule has 1 N–H and O–H groups in total. The number of alkyl halides is 3. The Labute approximate surface area is 123 Å². The number of hydrogen-bond acceptors (Lipinski definition) is 2. The van der Waals surface area contributed by atoms with Crippen LogP contribution in [0.2, 0.25) is 5.02 Å². The molecule has 2 aromatic rings. The van der Waals surface area contributed by atoms with Crippen LogP contribution in [0.4, 0.5) is 13.2 Å². The molecule has 0 aliphatic heterocycles. The van der Waals surface area contributed by atoms with E-state index in [2.05, 4.69) is 0 Å². The lowest BCUT2D eigenvalue weighted by atomic mass is 9.99. The molecule has 0 aliphatic carbocycles.